The molecule has 1 aromatic carbocycles. The highest BCUT2D eigenvalue weighted by atomic mass is 32.2. The van der Waals surface area contributed by atoms with Gasteiger partial charge in [0.15, 0.2) is 0 Å². The summed E-state index contributed by atoms with van der Waals surface area (Å²) >= 11 is 0. The first kappa shape index (κ1) is 21.6. The molecule has 2 aliphatic rings. The van der Waals surface area contributed by atoms with Gasteiger partial charge in [0.2, 0.25) is 10.0 Å². The number of anilines is 1. The Morgan fingerprint density at radius 2 is 1.93 bits per heavy atom. The minimum atomic E-state index is -3.59. The lowest BCUT2D eigenvalue weighted by atomic mass is 9.67. The van der Waals surface area contributed by atoms with E-state index in [1.54, 1.807) is 0 Å². The summed E-state index contributed by atoms with van der Waals surface area (Å²) in [6.45, 7) is 8.63. The molecule has 0 saturated heterocycles. The van der Waals surface area contributed by atoms with Crippen LogP contribution < -0.4 is 10.0 Å². The second kappa shape index (κ2) is 7.62. The van der Waals surface area contributed by atoms with Gasteiger partial charge in [0.25, 0.3) is 0 Å². The number of hydrogen-bond acceptors (Lipinski definition) is 3. The van der Waals surface area contributed by atoms with E-state index in [1.807, 2.05) is 6.08 Å². The molecule has 29 heavy (non-hydrogen) atoms. The third kappa shape index (κ3) is 4.57. The lowest BCUT2D eigenvalue weighted by Crippen LogP contribution is -2.27. The van der Waals surface area contributed by atoms with Gasteiger partial charge in [0.1, 0.15) is 0 Å². The van der Waals surface area contributed by atoms with Crippen molar-refractivity contribution in [1.29, 1.82) is 0 Å². The number of nitrogens with two attached hydrogens (primary N) is 1. The molecule has 4 nitrogen and oxygen atoms in total. The first-order chi connectivity index (χ1) is 13.4. The maximum atomic E-state index is 11.8. The number of primary sulfonamides is 1. The Bertz CT molecular complexity index is 1050. The highest BCUT2D eigenvalue weighted by Crippen LogP contribution is 2.47. The van der Waals surface area contributed by atoms with Crippen molar-refractivity contribution in [1.82, 2.24) is 0 Å². The average molecular weight is 413 g/mol. The summed E-state index contributed by atoms with van der Waals surface area (Å²) in [6.07, 6.45) is 9.35. The van der Waals surface area contributed by atoms with Crippen molar-refractivity contribution in [2.45, 2.75) is 39.5 Å². The third-order valence-corrected chi connectivity index (χ3v) is 6.39. The molecule has 0 bridgehead atoms. The van der Waals surface area contributed by atoms with Gasteiger partial charge in [-0.05, 0) is 64.0 Å². The number of sulfonamides is 1. The summed E-state index contributed by atoms with van der Waals surface area (Å²) < 4.78 is 23.6. The molecule has 0 unspecified atom stereocenters. The van der Waals surface area contributed by atoms with Crippen molar-refractivity contribution < 1.29 is 8.42 Å². The minimum Gasteiger partial charge on any atom is -0.378 e. The van der Waals surface area contributed by atoms with Crippen LogP contribution >= 0.6 is 0 Å². The van der Waals surface area contributed by atoms with E-state index >= 15 is 0 Å². The summed E-state index contributed by atoms with van der Waals surface area (Å²) in [5.41, 5.74) is 7.91. The van der Waals surface area contributed by atoms with Crippen molar-refractivity contribution >= 4 is 21.8 Å². The molecule has 0 radical (unpaired) electrons. The zero-order valence-corrected chi connectivity index (χ0v) is 19.1. The monoisotopic (exact) mass is 412 g/mol. The second-order valence-electron chi connectivity index (χ2n) is 9.13. The molecular formula is C24H32N2O2S. The van der Waals surface area contributed by atoms with Crippen LogP contribution in [0.3, 0.4) is 0 Å². The maximum absolute atomic E-state index is 11.8. The first-order valence-electron chi connectivity index (χ1n) is 10.0. The number of nitrogens with zero attached hydrogens (tertiary/aromatic N) is 1. The number of hydrogen-bond donors (Lipinski definition) is 1. The van der Waals surface area contributed by atoms with Gasteiger partial charge in [-0.1, -0.05) is 52.0 Å². The van der Waals surface area contributed by atoms with Gasteiger partial charge in [-0.15, -0.1) is 0 Å². The van der Waals surface area contributed by atoms with Gasteiger partial charge < -0.3 is 4.90 Å². The molecule has 3 rings (SSSR count). The van der Waals surface area contributed by atoms with Gasteiger partial charge in [0.05, 0.1) is 5.75 Å². The minimum absolute atomic E-state index is 0.116. The van der Waals surface area contributed by atoms with Crippen molar-refractivity contribution in [3.05, 3.63) is 69.8 Å². The summed E-state index contributed by atoms with van der Waals surface area (Å²) in [5.74, 6) is 0.125. The van der Waals surface area contributed by atoms with Crippen LogP contribution in [0.25, 0.3) is 6.08 Å². The quantitative estimate of drug-likeness (QED) is 0.771. The van der Waals surface area contributed by atoms with E-state index < -0.39 is 10.0 Å². The van der Waals surface area contributed by atoms with E-state index in [0.29, 0.717) is 6.42 Å². The molecule has 0 atom stereocenters. The van der Waals surface area contributed by atoms with Gasteiger partial charge in [0, 0.05) is 25.2 Å². The average Bonchev–Trinajstić information content (AvgIpc) is 2.59. The van der Waals surface area contributed by atoms with Gasteiger partial charge >= 0.3 is 0 Å². The fraction of sp³-hybridized carbons (Fsp3) is 0.417. The topological polar surface area (TPSA) is 63.4 Å². The molecule has 2 aliphatic carbocycles. The number of allylic oxidation sites excluding steroid dienone is 6. The molecule has 5 heteroatoms. The van der Waals surface area contributed by atoms with Crippen LogP contribution in [0.1, 0.15) is 45.2 Å². The SMILES string of the molecule is CC(C)/C=C(/CS(N)(=O)=O)C1=CC2=Cc3ccc(N(C)C)cc3C(C)(C)C2=CC1. The molecule has 0 heterocycles. The second-order valence-corrected chi connectivity index (χ2v) is 10.7. The Labute approximate surface area is 175 Å². The Kier molecular flexibility index (Phi) is 5.67. The summed E-state index contributed by atoms with van der Waals surface area (Å²) in [6, 6.07) is 6.58. The van der Waals surface area contributed by atoms with Crippen LogP contribution in [0.15, 0.2) is 58.7 Å². The van der Waals surface area contributed by atoms with Gasteiger partial charge in [-0.3, -0.25) is 0 Å². The first-order valence-corrected chi connectivity index (χ1v) is 11.8. The molecule has 0 aliphatic heterocycles. The number of benzene rings is 1. The maximum Gasteiger partial charge on any atom is 0.213 e. The molecule has 2 N–H and O–H groups in total. The lowest BCUT2D eigenvalue weighted by Gasteiger charge is -2.37. The van der Waals surface area contributed by atoms with E-state index in [4.69, 9.17) is 5.14 Å². The Hall–Kier alpha value is -2.11. The van der Waals surface area contributed by atoms with Crippen LogP contribution in [0.2, 0.25) is 0 Å². The lowest BCUT2D eigenvalue weighted by molar-refractivity contribution is 0.599. The van der Waals surface area contributed by atoms with Crippen molar-refractivity contribution in [2.24, 2.45) is 11.1 Å². The predicted octanol–water partition coefficient (Wildman–Crippen LogP) is 4.55. The Morgan fingerprint density at radius 3 is 2.52 bits per heavy atom. The van der Waals surface area contributed by atoms with E-state index in [-0.39, 0.29) is 17.1 Å². The summed E-state index contributed by atoms with van der Waals surface area (Å²) in [7, 11) is 0.529. The standard InChI is InChI=1S/C24H32N2O2S/c1-16(2)11-20(15-29(25,27)28)17-8-10-22-19(12-17)13-18-7-9-21(26(5)6)14-23(18)24(22,3)4/h7,9-14,16H,8,15H2,1-6H3,(H2,25,27,28)/b20-11-. The molecule has 0 fully saturated rings. The van der Waals surface area contributed by atoms with Crippen molar-refractivity contribution in [2.75, 3.05) is 24.7 Å². The summed E-state index contributed by atoms with van der Waals surface area (Å²) in [5, 5.41) is 5.37. The third-order valence-electron chi connectivity index (χ3n) is 5.68. The zero-order valence-electron chi connectivity index (χ0n) is 18.3. The van der Waals surface area contributed by atoms with Crippen LogP contribution in [-0.2, 0) is 15.4 Å². The Balaban J connectivity index is 2.09. The summed E-state index contributed by atoms with van der Waals surface area (Å²) in [4.78, 5) is 2.12. The fourth-order valence-corrected chi connectivity index (χ4v) is 5.00. The smallest absolute Gasteiger partial charge is 0.213 e. The largest absolute Gasteiger partial charge is 0.378 e. The molecule has 0 aromatic heterocycles. The predicted molar refractivity (Wildman–Crippen MR) is 123 cm³/mol. The zero-order chi connectivity index (χ0) is 21.6. The fourth-order valence-electron chi connectivity index (χ4n) is 4.28. The van der Waals surface area contributed by atoms with Crippen LogP contribution in [0, 0.1) is 5.92 Å². The number of fused-ring (bicyclic) bond motifs is 2. The van der Waals surface area contributed by atoms with E-state index in [1.165, 1.54) is 22.4 Å². The van der Waals surface area contributed by atoms with Gasteiger partial charge in [-0.2, -0.15) is 0 Å². The van der Waals surface area contributed by atoms with Crippen LogP contribution in [-0.4, -0.2) is 28.3 Å². The van der Waals surface area contributed by atoms with Gasteiger partial charge in [-0.25, -0.2) is 13.6 Å². The van der Waals surface area contributed by atoms with E-state index in [2.05, 4.69) is 83.1 Å². The van der Waals surface area contributed by atoms with Crippen LogP contribution in [0.4, 0.5) is 5.69 Å². The molecule has 0 saturated carbocycles. The Morgan fingerprint density at radius 1 is 1.24 bits per heavy atom. The normalized spacial score (nSPS) is 18.5. The van der Waals surface area contributed by atoms with E-state index in [9.17, 15) is 8.42 Å². The highest BCUT2D eigenvalue weighted by molar-refractivity contribution is 7.89. The number of rotatable bonds is 5. The van der Waals surface area contributed by atoms with Crippen molar-refractivity contribution in [3.63, 3.8) is 0 Å². The molecule has 1 aromatic rings. The molecular weight excluding hydrogens is 380 g/mol. The molecule has 0 spiro atoms. The highest BCUT2D eigenvalue weighted by Gasteiger charge is 2.34. The molecule has 0 amide bonds. The van der Waals surface area contributed by atoms with Crippen LogP contribution in [0.5, 0.6) is 0 Å². The van der Waals surface area contributed by atoms with E-state index in [0.717, 1.165) is 16.7 Å². The molecule has 156 valence electrons. The van der Waals surface area contributed by atoms with Crippen molar-refractivity contribution in [3.8, 4) is 0 Å².